The summed E-state index contributed by atoms with van der Waals surface area (Å²) in [5.74, 6) is 0.125. The fourth-order valence-electron chi connectivity index (χ4n) is 3.60. The minimum absolute atomic E-state index is 0.0125. The third-order valence-electron chi connectivity index (χ3n) is 5.01. The van der Waals surface area contributed by atoms with Crippen LogP contribution in [0.1, 0.15) is 41.9 Å². The summed E-state index contributed by atoms with van der Waals surface area (Å²) in [5.41, 5.74) is 3.07. The van der Waals surface area contributed by atoms with Crippen molar-refractivity contribution in [2.24, 2.45) is 4.99 Å². The van der Waals surface area contributed by atoms with Gasteiger partial charge >= 0.3 is 0 Å². The number of pyridine rings is 1. The molecule has 0 saturated carbocycles. The number of aromatic nitrogens is 3. The highest BCUT2D eigenvalue weighted by atomic mass is 19.1. The molecule has 8 heteroatoms. The summed E-state index contributed by atoms with van der Waals surface area (Å²) in [6.07, 6.45) is 5.33. The van der Waals surface area contributed by atoms with E-state index in [1.807, 2.05) is 0 Å². The van der Waals surface area contributed by atoms with Crippen LogP contribution in [0.5, 0.6) is 5.88 Å². The Kier molecular flexibility index (Phi) is 4.98. The van der Waals surface area contributed by atoms with Crippen molar-refractivity contribution in [2.45, 2.75) is 38.8 Å². The van der Waals surface area contributed by atoms with Crippen LogP contribution in [0.25, 0.3) is 0 Å². The molecule has 1 N–H and O–H groups in total. The van der Waals surface area contributed by atoms with Gasteiger partial charge in [0.1, 0.15) is 0 Å². The van der Waals surface area contributed by atoms with E-state index in [9.17, 15) is 9.18 Å². The summed E-state index contributed by atoms with van der Waals surface area (Å²) >= 11 is 0. The summed E-state index contributed by atoms with van der Waals surface area (Å²) in [6.45, 7) is 2.55. The zero-order valence-corrected chi connectivity index (χ0v) is 15.3. The molecule has 0 aromatic carbocycles. The van der Waals surface area contributed by atoms with Gasteiger partial charge in [-0.3, -0.25) is 14.7 Å². The van der Waals surface area contributed by atoms with Crippen LogP contribution < -0.4 is 10.3 Å². The van der Waals surface area contributed by atoms with Crippen molar-refractivity contribution in [3.8, 4) is 5.88 Å². The van der Waals surface area contributed by atoms with Crippen LogP contribution in [0.3, 0.4) is 0 Å². The molecule has 4 rings (SSSR count). The highest BCUT2D eigenvalue weighted by molar-refractivity contribution is 5.97. The van der Waals surface area contributed by atoms with Gasteiger partial charge < -0.3 is 9.72 Å². The second kappa shape index (κ2) is 7.56. The van der Waals surface area contributed by atoms with Gasteiger partial charge in [0.15, 0.2) is 11.6 Å². The van der Waals surface area contributed by atoms with E-state index in [4.69, 9.17) is 4.74 Å². The standard InChI is InChI=1S/C19H22FN5O2/c1-27-19-14(20)8-12(9-22-19)10-25-7-5-15-13(11-25)18(26)24-17(23-15)16-4-2-3-6-21-16/h8-9H,2-7,10-11H2,1H3,(H,23,24,26). The fraction of sp³-hybridized carbons (Fsp3) is 0.474. The molecule has 0 fully saturated rings. The van der Waals surface area contributed by atoms with E-state index in [-0.39, 0.29) is 11.4 Å². The van der Waals surface area contributed by atoms with E-state index >= 15 is 0 Å². The first kappa shape index (κ1) is 17.8. The number of nitrogens with one attached hydrogen (secondary N) is 1. The lowest BCUT2D eigenvalue weighted by Crippen LogP contribution is -2.36. The van der Waals surface area contributed by atoms with Gasteiger partial charge in [0.2, 0.25) is 5.88 Å². The molecule has 0 aliphatic carbocycles. The zero-order chi connectivity index (χ0) is 18.8. The molecular weight excluding hydrogens is 349 g/mol. The largest absolute Gasteiger partial charge is 0.479 e. The Morgan fingerprint density at radius 2 is 2.22 bits per heavy atom. The molecule has 142 valence electrons. The van der Waals surface area contributed by atoms with E-state index in [0.29, 0.717) is 30.9 Å². The van der Waals surface area contributed by atoms with Gasteiger partial charge in [-0.15, -0.1) is 0 Å². The van der Waals surface area contributed by atoms with Crippen molar-refractivity contribution in [2.75, 3.05) is 20.2 Å². The van der Waals surface area contributed by atoms with Crippen LogP contribution in [0, 0.1) is 5.82 Å². The van der Waals surface area contributed by atoms with Crippen molar-refractivity contribution >= 4 is 5.71 Å². The molecule has 2 aliphatic rings. The topological polar surface area (TPSA) is 83.5 Å². The highest BCUT2D eigenvalue weighted by Gasteiger charge is 2.23. The number of nitrogens with zero attached hydrogens (tertiary/aromatic N) is 4. The second-order valence-electron chi connectivity index (χ2n) is 6.92. The maximum atomic E-state index is 13.8. The Morgan fingerprint density at radius 1 is 1.33 bits per heavy atom. The van der Waals surface area contributed by atoms with Crippen molar-refractivity contribution in [1.82, 2.24) is 19.9 Å². The predicted octanol–water partition coefficient (Wildman–Crippen LogP) is 1.84. The summed E-state index contributed by atoms with van der Waals surface area (Å²) in [4.78, 5) is 30.7. The number of hydrogen-bond donors (Lipinski definition) is 1. The van der Waals surface area contributed by atoms with Crippen molar-refractivity contribution in [3.05, 3.63) is 51.1 Å². The molecule has 4 heterocycles. The van der Waals surface area contributed by atoms with Gasteiger partial charge in [0, 0.05) is 38.8 Å². The molecule has 2 aliphatic heterocycles. The lowest BCUT2D eigenvalue weighted by atomic mass is 10.0. The Bertz CT molecular complexity index is 940. The SMILES string of the molecule is COc1ncc(CN2CCc3nc(C4=NCCCC4)[nH]c(=O)c3C2)cc1F. The molecule has 0 saturated heterocycles. The predicted molar refractivity (Wildman–Crippen MR) is 98.7 cm³/mol. The summed E-state index contributed by atoms with van der Waals surface area (Å²) < 4.78 is 18.7. The number of hydrogen-bond acceptors (Lipinski definition) is 6. The number of aliphatic imine (C=N–C) groups is 1. The Morgan fingerprint density at radius 3 is 2.96 bits per heavy atom. The molecule has 0 amide bonds. The van der Waals surface area contributed by atoms with E-state index < -0.39 is 5.82 Å². The van der Waals surface area contributed by atoms with Gasteiger partial charge in [-0.25, -0.2) is 14.4 Å². The molecule has 0 atom stereocenters. The third-order valence-corrected chi connectivity index (χ3v) is 5.01. The van der Waals surface area contributed by atoms with E-state index in [1.165, 1.54) is 13.2 Å². The number of ether oxygens (including phenoxy) is 1. The highest BCUT2D eigenvalue weighted by Crippen LogP contribution is 2.20. The molecule has 2 aromatic heterocycles. The number of methoxy groups -OCH3 is 1. The summed E-state index contributed by atoms with van der Waals surface area (Å²) in [7, 11) is 1.39. The third kappa shape index (κ3) is 3.75. The lowest BCUT2D eigenvalue weighted by Gasteiger charge is -2.27. The monoisotopic (exact) mass is 371 g/mol. The first-order chi connectivity index (χ1) is 13.1. The Labute approximate surface area is 156 Å². The molecular formula is C19H22FN5O2. The van der Waals surface area contributed by atoms with Gasteiger partial charge in [-0.1, -0.05) is 0 Å². The van der Waals surface area contributed by atoms with E-state index in [0.717, 1.165) is 49.3 Å². The first-order valence-electron chi connectivity index (χ1n) is 9.20. The minimum atomic E-state index is -0.482. The van der Waals surface area contributed by atoms with Crippen LogP contribution in [-0.2, 0) is 19.5 Å². The van der Waals surface area contributed by atoms with Crippen LogP contribution in [0.15, 0.2) is 22.1 Å². The maximum Gasteiger partial charge on any atom is 0.255 e. The molecule has 2 aromatic rings. The first-order valence-corrected chi connectivity index (χ1v) is 9.20. The molecule has 0 unspecified atom stereocenters. The van der Waals surface area contributed by atoms with E-state index in [1.54, 1.807) is 6.20 Å². The molecule has 0 radical (unpaired) electrons. The number of H-pyrrole nitrogens is 1. The van der Waals surface area contributed by atoms with Gasteiger partial charge in [0.05, 0.1) is 24.1 Å². The summed E-state index contributed by atoms with van der Waals surface area (Å²) in [6, 6.07) is 1.42. The smallest absolute Gasteiger partial charge is 0.255 e. The van der Waals surface area contributed by atoms with Gasteiger partial charge in [0.25, 0.3) is 5.56 Å². The van der Waals surface area contributed by atoms with Crippen LogP contribution >= 0.6 is 0 Å². The minimum Gasteiger partial charge on any atom is -0.479 e. The normalized spacial score (nSPS) is 17.3. The van der Waals surface area contributed by atoms with Gasteiger partial charge in [-0.05, 0) is 30.9 Å². The average molecular weight is 371 g/mol. The fourth-order valence-corrected chi connectivity index (χ4v) is 3.60. The number of aromatic amines is 1. The lowest BCUT2D eigenvalue weighted by molar-refractivity contribution is 0.240. The second-order valence-corrected chi connectivity index (χ2v) is 6.92. The molecule has 0 bridgehead atoms. The molecule has 27 heavy (non-hydrogen) atoms. The van der Waals surface area contributed by atoms with Crippen LogP contribution in [0.2, 0.25) is 0 Å². The average Bonchev–Trinajstić information content (AvgIpc) is 2.69. The van der Waals surface area contributed by atoms with Crippen LogP contribution in [0.4, 0.5) is 4.39 Å². The number of fused-ring (bicyclic) bond motifs is 1. The molecule has 0 spiro atoms. The Hall–Kier alpha value is -2.61. The quantitative estimate of drug-likeness (QED) is 0.887. The number of halogens is 1. The summed E-state index contributed by atoms with van der Waals surface area (Å²) in [5, 5.41) is 0. The number of rotatable bonds is 4. The van der Waals surface area contributed by atoms with E-state index in [2.05, 4.69) is 24.8 Å². The Balaban J connectivity index is 1.52. The molecule has 7 nitrogen and oxygen atoms in total. The van der Waals surface area contributed by atoms with Crippen molar-refractivity contribution in [3.63, 3.8) is 0 Å². The van der Waals surface area contributed by atoms with Gasteiger partial charge in [-0.2, -0.15) is 0 Å². The zero-order valence-electron chi connectivity index (χ0n) is 15.3. The maximum absolute atomic E-state index is 13.8. The van der Waals surface area contributed by atoms with Crippen molar-refractivity contribution < 1.29 is 9.13 Å². The van der Waals surface area contributed by atoms with Crippen LogP contribution in [-0.4, -0.2) is 45.8 Å². The van der Waals surface area contributed by atoms with Crippen molar-refractivity contribution in [1.29, 1.82) is 0 Å².